The van der Waals surface area contributed by atoms with Gasteiger partial charge in [-0.2, -0.15) is 0 Å². The summed E-state index contributed by atoms with van der Waals surface area (Å²) in [6.45, 7) is 9.57. The number of benzene rings is 1. The molecular formula is C15H21BrN2O. The Morgan fingerprint density at radius 1 is 1.42 bits per heavy atom. The van der Waals surface area contributed by atoms with E-state index in [0.717, 1.165) is 45.0 Å². The maximum atomic E-state index is 5.81. The van der Waals surface area contributed by atoms with Crippen molar-refractivity contribution in [3.05, 3.63) is 27.7 Å². The Kier molecular flexibility index (Phi) is 3.58. The molecule has 1 aromatic carbocycles. The molecule has 0 unspecified atom stereocenters. The molecule has 3 nitrogen and oxygen atoms in total. The van der Waals surface area contributed by atoms with E-state index in [4.69, 9.17) is 4.74 Å². The molecule has 0 amide bonds. The minimum absolute atomic E-state index is 0.203. The molecule has 1 N–H and O–H groups in total. The van der Waals surface area contributed by atoms with Gasteiger partial charge in [-0.3, -0.25) is 4.90 Å². The van der Waals surface area contributed by atoms with Crippen LogP contribution in [0.2, 0.25) is 0 Å². The lowest BCUT2D eigenvalue weighted by Crippen LogP contribution is -2.56. The lowest BCUT2D eigenvalue weighted by molar-refractivity contribution is 0.147. The van der Waals surface area contributed by atoms with Crippen LogP contribution in [0.4, 0.5) is 0 Å². The zero-order chi connectivity index (χ0) is 13.5. The Morgan fingerprint density at radius 3 is 3.05 bits per heavy atom. The Bertz CT molecular complexity index is 487. The summed E-state index contributed by atoms with van der Waals surface area (Å²) in [4.78, 5) is 2.51. The van der Waals surface area contributed by atoms with Crippen LogP contribution in [-0.4, -0.2) is 36.7 Å². The van der Waals surface area contributed by atoms with Gasteiger partial charge in [0, 0.05) is 48.2 Å². The molecule has 0 atom stereocenters. The highest BCUT2D eigenvalue weighted by Crippen LogP contribution is 2.34. The highest BCUT2D eigenvalue weighted by atomic mass is 79.9. The average Bonchev–Trinajstić information content (AvgIpc) is 2.75. The molecule has 3 rings (SSSR count). The van der Waals surface area contributed by atoms with E-state index in [1.54, 1.807) is 0 Å². The van der Waals surface area contributed by atoms with Gasteiger partial charge in [0.15, 0.2) is 0 Å². The molecule has 2 aliphatic heterocycles. The third-order valence-electron chi connectivity index (χ3n) is 3.87. The van der Waals surface area contributed by atoms with Crippen molar-refractivity contribution < 1.29 is 4.74 Å². The van der Waals surface area contributed by atoms with Gasteiger partial charge in [0.1, 0.15) is 5.75 Å². The van der Waals surface area contributed by atoms with E-state index in [-0.39, 0.29) is 5.54 Å². The number of nitrogens with zero attached hydrogens (tertiary/aromatic N) is 1. The van der Waals surface area contributed by atoms with Gasteiger partial charge in [-0.15, -0.1) is 0 Å². The van der Waals surface area contributed by atoms with Crippen molar-refractivity contribution in [3.8, 4) is 5.75 Å². The highest BCUT2D eigenvalue weighted by Gasteiger charge is 2.27. The van der Waals surface area contributed by atoms with Crippen LogP contribution in [0, 0.1) is 0 Å². The number of piperazine rings is 1. The van der Waals surface area contributed by atoms with Crippen molar-refractivity contribution in [1.29, 1.82) is 0 Å². The first-order chi connectivity index (χ1) is 9.03. The first kappa shape index (κ1) is 13.4. The summed E-state index contributed by atoms with van der Waals surface area (Å²) in [5.74, 6) is 1.12. The fourth-order valence-corrected chi connectivity index (χ4v) is 3.64. The Balaban J connectivity index is 1.80. The first-order valence-electron chi connectivity index (χ1n) is 6.95. The molecule has 1 aromatic rings. The lowest BCUT2D eigenvalue weighted by atomic mass is 10.0. The number of ether oxygens (including phenoxy) is 1. The monoisotopic (exact) mass is 324 g/mol. The van der Waals surface area contributed by atoms with Gasteiger partial charge in [-0.1, -0.05) is 15.9 Å². The number of hydrogen-bond acceptors (Lipinski definition) is 3. The number of hydrogen-bond donors (Lipinski definition) is 1. The minimum Gasteiger partial charge on any atom is -0.493 e. The predicted molar refractivity (Wildman–Crippen MR) is 80.7 cm³/mol. The molecule has 0 aliphatic carbocycles. The van der Waals surface area contributed by atoms with Crippen LogP contribution in [0.1, 0.15) is 25.0 Å². The fraction of sp³-hybridized carbons (Fsp3) is 0.600. The normalized spacial score (nSPS) is 22.1. The number of halogens is 1. The molecule has 19 heavy (non-hydrogen) atoms. The van der Waals surface area contributed by atoms with Gasteiger partial charge in [-0.05, 0) is 31.5 Å². The van der Waals surface area contributed by atoms with E-state index < -0.39 is 0 Å². The van der Waals surface area contributed by atoms with Crippen LogP contribution >= 0.6 is 15.9 Å². The van der Waals surface area contributed by atoms with Crippen LogP contribution in [-0.2, 0) is 13.0 Å². The second-order valence-corrected chi connectivity index (χ2v) is 7.09. The highest BCUT2D eigenvalue weighted by molar-refractivity contribution is 9.10. The molecule has 0 radical (unpaired) electrons. The van der Waals surface area contributed by atoms with Gasteiger partial charge in [0.25, 0.3) is 0 Å². The predicted octanol–water partition coefficient (Wildman–Crippen LogP) is 2.57. The molecule has 0 aromatic heterocycles. The molecule has 0 spiro atoms. The summed E-state index contributed by atoms with van der Waals surface area (Å²) in [5.41, 5.74) is 2.87. The van der Waals surface area contributed by atoms with Crippen LogP contribution in [0.3, 0.4) is 0 Å². The summed E-state index contributed by atoms with van der Waals surface area (Å²) in [7, 11) is 0. The molecular weight excluding hydrogens is 304 g/mol. The van der Waals surface area contributed by atoms with E-state index in [1.807, 2.05) is 0 Å². The van der Waals surface area contributed by atoms with Crippen molar-refractivity contribution >= 4 is 15.9 Å². The molecule has 2 heterocycles. The van der Waals surface area contributed by atoms with Gasteiger partial charge in [-0.25, -0.2) is 0 Å². The van der Waals surface area contributed by atoms with Crippen molar-refractivity contribution in [2.45, 2.75) is 32.4 Å². The second kappa shape index (κ2) is 5.08. The molecule has 4 heteroatoms. The van der Waals surface area contributed by atoms with Crippen molar-refractivity contribution in [2.75, 3.05) is 26.2 Å². The topological polar surface area (TPSA) is 24.5 Å². The van der Waals surface area contributed by atoms with E-state index >= 15 is 0 Å². The zero-order valence-electron chi connectivity index (χ0n) is 11.6. The van der Waals surface area contributed by atoms with Gasteiger partial charge >= 0.3 is 0 Å². The Morgan fingerprint density at radius 2 is 2.26 bits per heavy atom. The van der Waals surface area contributed by atoms with Crippen molar-refractivity contribution in [2.24, 2.45) is 0 Å². The summed E-state index contributed by atoms with van der Waals surface area (Å²) in [6, 6.07) is 4.40. The van der Waals surface area contributed by atoms with Gasteiger partial charge < -0.3 is 10.1 Å². The lowest BCUT2D eigenvalue weighted by Gasteiger charge is -2.39. The minimum atomic E-state index is 0.203. The van der Waals surface area contributed by atoms with Crippen LogP contribution in [0.5, 0.6) is 5.75 Å². The Hall–Kier alpha value is -0.580. The van der Waals surface area contributed by atoms with Crippen molar-refractivity contribution in [3.63, 3.8) is 0 Å². The Labute approximate surface area is 123 Å². The van der Waals surface area contributed by atoms with Crippen LogP contribution < -0.4 is 10.1 Å². The van der Waals surface area contributed by atoms with E-state index in [1.165, 1.54) is 15.6 Å². The molecule has 1 saturated heterocycles. The second-order valence-electron chi connectivity index (χ2n) is 6.17. The molecule has 0 bridgehead atoms. The molecule has 2 aliphatic rings. The smallest absolute Gasteiger partial charge is 0.127 e. The summed E-state index contributed by atoms with van der Waals surface area (Å²) in [5, 5.41) is 3.56. The standard InChI is InChI=1S/C15H21BrN2O/c1-15(2)10-18(5-4-17-15)9-12-8-13(16)7-11-3-6-19-14(11)12/h7-8,17H,3-6,9-10H2,1-2H3. The van der Waals surface area contributed by atoms with Crippen LogP contribution in [0.25, 0.3) is 0 Å². The van der Waals surface area contributed by atoms with E-state index in [2.05, 4.69) is 52.1 Å². The van der Waals surface area contributed by atoms with Gasteiger partial charge in [0.05, 0.1) is 6.61 Å². The molecule has 104 valence electrons. The summed E-state index contributed by atoms with van der Waals surface area (Å²) < 4.78 is 6.98. The van der Waals surface area contributed by atoms with E-state index in [0.29, 0.717) is 0 Å². The summed E-state index contributed by atoms with van der Waals surface area (Å²) >= 11 is 3.62. The SMILES string of the molecule is CC1(C)CN(Cc2cc(Br)cc3c2OCC3)CCN1. The largest absolute Gasteiger partial charge is 0.493 e. The number of fused-ring (bicyclic) bond motifs is 1. The fourth-order valence-electron chi connectivity index (χ4n) is 3.09. The zero-order valence-corrected chi connectivity index (χ0v) is 13.2. The summed E-state index contributed by atoms with van der Waals surface area (Å²) in [6.07, 6.45) is 1.04. The number of nitrogens with one attached hydrogen (secondary N) is 1. The maximum Gasteiger partial charge on any atom is 0.127 e. The molecule has 0 saturated carbocycles. The van der Waals surface area contributed by atoms with Gasteiger partial charge in [0.2, 0.25) is 0 Å². The van der Waals surface area contributed by atoms with Crippen LogP contribution in [0.15, 0.2) is 16.6 Å². The third-order valence-corrected chi connectivity index (χ3v) is 4.33. The number of rotatable bonds is 2. The first-order valence-corrected chi connectivity index (χ1v) is 7.74. The van der Waals surface area contributed by atoms with E-state index in [9.17, 15) is 0 Å². The third kappa shape index (κ3) is 2.96. The average molecular weight is 325 g/mol. The maximum absolute atomic E-state index is 5.81. The van der Waals surface area contributed by atoms with Crippen molar-refractivity contribution in [1.82, 2.24) is 10.2 Å². The molecule has 1 fully saturated rings. The quantitative estimate of drug-likeness (QED) is 0.904.